The van der Waals surface area contributed by atoms with E-state index in [-0.39, 0.29) is 62.4 Å². The van der Waals surface area contributed by atoms with Crippen molar-refractivity contribution in [3.05, 3.63) is 59.2 Å². The molecule has 0 bridgehead atoms. The summed E-state index contributed by atoms with van der Waals surface area (Å²) in [6, 6.07) is 9.91. The van der Waals surface area contributed by atoms with Crippen LogP contribution in [0.5, 0.6) is 0 Å². The van der Waals surface area contributed by atoms with Gasteiger partial charge in [-0.1, -0.05) is 83.5 Å². The van der Waals surface area contributed by atoms with Gasteiger partial charge in [0.15, 0.2) is 11.6 Å². The van der Waals surface area contributed by atoms with Crippen molar-refractivity contribution >= 4 is 17.5 Å². The average Bonchev–Trinajstić information content (AvgIpc) is 2.93. The van der Waals surface area contributed by atoms with Gasteiger partial charge in [-0.15, -0.1) is 0 Å². The first-order valence-corrected chi connectivity index (χ1v) is 16.7. The molecule has 0 unspecified atom stereocenters. The molecule has 0 N–H and O–H groups in total. The largest absolute Gasteiger partial charge is 0.460 e. The number of hydrogen-bond acceptors (Lipinski definition) is 4. The zero-order chi connectivity index (χ0) is 31.2. The quantitative estimate of drug-likeness (QED) is 0.332. The molecule has 1 aromatic carbocycles. The Bertz CT molecular complexity index is 1420. The topological polar surface area (TPSA) is 60.4 Å². The standard InChI is InChI=1S/C39H52O4/c1-25(40)27-14-16-37(6)31(34(27,2)3)15-17-39(8)32(37)30(41)22-28-29-23-36(5,19-18-35(29,4)20-21-38(28,39)7)33(42)43-24-26-12-10-9-11-13-26/h9-14,22,29,31-32H,15-21,23-24H2,1-8H3/t29-,31-,32+,35+,36-,37-,38+,39+/m0/s1. The number of hydrogen-bond donors (Lipinski definition) is 0. The van der Waals surface area contributed by atoms with Crippen LogP contribution in [0.15, 0.2) is 53.6 Å². The van der Waals surface area contributed by atoms with E-state index in [1.165, 1.54) is 5.57 Å². The first-order chi connectivity index (χ1) is 20.0. The molecule has 0 heterocycles. The number of rotatable bonds is 4. The molecule has 0 amide bonds. The lowest BCUT2D eigenvalue weighted by molar-refractivity contribution is -0.176. The summed E-state index contributed by atoms with van der Waals surface area (Å²) in [5.74, 6) is 0.735. The van der Waals surface area contributed by atoms with Gasteiger partial charge in [0, 0.05) is 5.92 Å². The van der Waals surface area contributed by atoms with E-state index in [1.54, 1.807) is 6.92 Å². The fraction of sp³-hybridized carbons (Fsp3) is 0.667. The minimum Gasteiger partial charge on any atom is -0.460 e. The van der Waals surface area contributed by atoms with Gasteiger partial charge < -0.3 is 4.74 Å². The smallest absolute Gasteiger partial charge is 0.312 e. The predicted molar refractivity (Wildman–Crippen MR) is 170 cm³/mol. The van der Waals surface area contributed by atoms with Gasteiger partial charge in [-0.25, -0.2) is 0 Å². The first kappa shape index (κ1) is 30.5. The van der Waals surface area contributed by atoms with E-state index in [0.717, 1.165) is 62.5 Å². The van der Waals surface area contributed by atoms with Crippen molar-refractivity contribution in [3.8, 4) is 0 Å². The van der Waals surface area contributed by atoms with Crippen molar-refractivity contribution < 1.29 is 19.1 Å². The van der Waals surface area contributed by atoms with E-state index in [9.17, 15) is 14.4 Å². The van der Waals surface area contributed by atoms with Crippen LogP contribution in [0.3, 0.4) is 0 Å². The molecule has 232 valence electrons. The van der Waals surface area contributed by atoms with Crippen LogP contribution < -0.4 is 0 Å². The molecule has 0 saturated heterocycles. The highest BCUT2D eigenvalue weighted by Gasteiger charge is 2.69. The van der Waals surface area contributed by atoms with Crippen LogP contribution in [0.25, 0.3) is 0 Å². The second-order valence-electron chi connectivity index (χ2n) is 16.9. The Balaban J connectivity index is 1.35. The summed E-state index contributed by atoms with van der Waals surface area (Å²) in [5, 5.41) is 0. The Hall–Kier alpha value is -2.49. The number of ketones is 2. The molecule has 0 radical (unpaired) electrons. The van der Waals surface area contributed by atoms with Gasteiger partial charge in [-0.05, 0) is 121 Å². The van der Waals surface area contributed by atoms with Gasteiger partial charge in [0.2, 0.25) is 0 Å². The summed E-state index contributed by atoms with van der Waals surface area (Å²) in [6.45, 7) is 18.2. The van der Waals surface area contributed by atoms with Crippen LogP contribution in [0.4, 0.5) is 0 Å². The van der Waals surface area contributed by atoms with Crippen LogP contribution in [0.2, 0.25) is 0 Å². The average molecular weight is 585 g/mol. The highest BCUT2D eigenvalue weighted by atomic mass is 16.5. The van der Waals surface area contributed by atoms with Gasteiger partial charge in [-0.2, -0.15) is 0 Å². The van der Waals surface area contributed by atoms with Crippen LogP contribution in [-0.2, 0) is 25.7 Å². The zero-order valence-electron chi connectivity index (χ0n) is 27.8. The Morgan fingerprint density at radius 3 is 2.26 bits per heavy atom. The fourth-order valence-electron chi connectivity index (χ4n) is 11.5. The van der Waals surface area contributed by atoms with E-state index in [4.69, 9.17) is 4.74 Å². The molecule has 0 aliphatic heterocycles. The molecule has 0 aromatic heterocycles. The normalized spacial score (nSPS) is 43.2. The highest BCUT2D eigenvalue weighted by Crippen LogP contribution is 2.75. The molecule has 3 saturated carbocycles. The second-order valence-corrected chi connectivity index (χ2v) is 16.9. The van der Waals surface area contributed by atoms with Crippen LogP contribution >= 0.6 is 0 Å². The van der Waals surface area contributed by atoms with Crippen molar-refractivity contribution in [2.75, 3.05) is 0 Å². The second kappa shape index (κ2) is 9.75. The van der Waals surface area contributed by atoms with Crippen molar-refractivity contribution in [2.24, 2.45) is 50.2 Å². The molecule has 8 atom stereocenters. The zero-order valence-corrected chi connectivity index (χ0v) is 27.8. The summed E-state index contributed by atoms with van der Waals surface area (Å²) in [5.41, 5.74) is 2.06. The third-order valence-corrected chi connectivity index (χ3v) is 14.2. The Kier molecular flexibility index (Phi) is 6.93. The molecule has 4 nitrogen and oxygen atoms in total. The summed E-state index contributed by atoms with van der Waals surface area (Å²) in [7, 11) is 0. The maximum Gasteiger partial charge on any atom is 0.312 e. The molecular formula is C39H52O4. The monoisotopic (exact) mass is 584 g/mol. The molecule has 1 aromatic rings. The van der Waals surface area contributed by atoms with Crippen LogP contribution in [0.1, 0.15) is 112 Å². The maximum atomic E-state index is 14.6. The molecule has 0 spiro atoms. The minimum absolute atomic E-state index is 0.0771. The third kappa shape index (κ3) is 4.24. The lowest BCUT2D eigenvalue weighted by Crippen LogP contribution is -2.65. The number of ether oxygens (including phenoxy) is 1. The van der Waals surface area contributed by atoms with Gasteiger partial charge >= 0.3 is 5.97 Å². The summed E-state index contributed by atoms with van der Waals surface area (Å²) < 4.78 is 5.93. The Morgan fingerprint density at radius 1 is 0.907 bits per heavy atom. The van der Waals surface area contributed by atoms with E-state index < -0.39 is 5.41 Å². The van der Waals surface area contributed by atoms with Crippen molar-refractivity contribution in [1.82, 2.24) is 0 Å². The number of carbonyl (C=O) groups excluding carboxylic acids is 3. The van der Waals surface area contributed by atoms with E-state index in [1.807, 2.05) is 30.3 Å². The number of fused-ring (bicyclic) bond motifs is 7. The van der Waals surface area contributed by atoms with Gasteiger partial charge in [0.05, 0.1) is 5.41 Å². The summed E-state index contributed by atoms with van der Waals surface area (Å²) >= 11 is 0. The first-order valence-electron chi connectivity index (χ1n) is 16.7. The molecule has 3 fully saturated rings. The van der Waals surface area contributed by atoms with Crippen LogP contribution in [-0.4, -0.2) is 17.5 Å². The number of carbonyl (C=O) groups is 3. The SMILES string of the molecule is CC(=O)C1=CC[C@]2(C)[C@H]3C(=O)C=C4[C@@H]5C[C@@](C)(C(=O)OCc6ccccc6)CC[C@]5(C)CC[C@@]4(C)[C@]3(C)CC[C@H]2C1(C)C. The highest BCUT2D eigenvalue weighted by molar-refractivity contribution is 5.97. The van der Waals surface area contributed by atoms with Crippen molar-refractivity contribution in [1.29, 1.82) is 0 Å². The van der Waals surface area contributed by atoms with Gasteiger partial charge in [0.1, 0.15) is 6.61 Å². The van der Waals surface area contributed by atoms with E-state index in [0.29, 0.717) is 6.61 Å². The van der Waals surface area contributed by atoms with E-state index in [2.05, 4.69) is 60.6 Å². The van der Waals surface area contributed by atoms with Crippen LogP contribution in [0, 0.1) is 50.2 Å². The molecule has 43 heavy (non-hydrogen) atoms. The number of allylic oxidation sites excluding steroid dienone is 4. The van der Waals surface area contributed by atoms with E-state index >= 15 is 0 Å². The number of Topliss-reactive ketones (excluding diaryl/α,β-unsaturated/α-hetero) is 1. The van der Waals surface area contributed by atoms with Crippen molar-refractivity contribution in [3.63, 3.8) is 0 Å². The summed E-state index contributed by atoms with van der Waals surface area (Å²) in [4.78, 5) is 40.9. The number of esters is 1. The summed E-state index contributed by atoms with van der Waals surface area (Å²) in [6.07, 6.45) is 11.8. The number of benzene rings is 1. The lowest BCUT2D eigenvalue weighted by atomic mass is 9.33. The molecule has 5 aliphatic rings. The molecule has 5 aliphatic carbocycles. The van der Waals surface area contributed by atoms with Crippen molar-refractivity contribution in [2.45, 2.75) is 113 Å². The van der Waals surface area contributed by atoms with Gasteiger partial charge in [0.25, 0.3) is 0 Å². The Labute approximate surface area is 259 Å². The lowest BCUT2D eigenvalue weighted by Gasteiger charge is -2.69. The van der Waals surface area contributed by atoms with Gasteiger partial charge in [-0.3, -0.25) is 14.4 Å². The Morgan fingerprint density at radius 2 is 1.58 bits per heavy atom. The third-order valence-electron chi connectivity index (χ3n) is 14.2. The molecule has 4 heteroatoms. The predicted octanol–water partition coefficient (Wildman–Crippen LogP) is 8.84. The maximum absolute atomic E-state index is 14.6. The molecular weight excluding hydrogens is 532 g/mol. The minimum atomic E-state index is -0.566. The molecule has 6 rings (SSSR count). The fourth-order valence-corrected chi connectivity index (χ4v) is 11.5.